The standard InChI is InChI=1S/C26H28N8O3/c1-5-14-32-25(35)22-24(34(26(32)36)17(3)37-4)27-16(2)33(22)15-18-10-12-19(13-11-18)20-8-6-7-9-21(20)23-28-30-31-29-23/h6-13,17H,5,14-15H2,1-4H3,(H,28,29,30,31). The maximum Gasteiger partial charge on any atom is 0.334 e. The molecule has 0 bridgehead atoms. The first kappa shape index (κ1) is 24.3. The normalized spacial score (nSPS) is 12.3. The van der Waals surface area contributed by atoms with Gasteiger partial charge in [-0.25, -0.2) is 14.3 Å². The van der Waals surface area contributed by atoms with Crippen molar-refractivity contribution >= 4 is 11.2 Å². The summed E-state index contributed by atoms with van der Waals surface area (Å²) in [4.78, 5) is 31.2. The molecule has 11 nitrogen and oxygen atoms in total. The number of rotatable bonds is 8. The van der Waals surface area contributed by atoms with E-state index in [4.69, 9.17) is 4.74 Å². The molecule has 0 aliphatic heterocycles. The molecule has 0 fully saturated rings. The van der Waals surface area contributed by atoms with E-state index in [1.54, 1.807) is 6.92 Å². The molecular weight excluding hydrogens is 472 g/mol. The Labute approximate surface area is 212 Å². The Bertz CT molecular complexity index is 1660. The molecule has 190 valence electrons. The molecule has 1 N–H and O–H groups in total. The van der Waals surface area contributed by atoms with Crippen LogP contribution in [-0.4, -0.2) is 46.4 Å². The van der Waals surface area contributed by atoms with Gasteiger partial charge in [-0.2, -0.15) is 5.21 Å². The zero-order valence-electron chi connectivity index (χ0n) is 21.2. The molecule has 0 amide bonds. The summed E-state index contributed by atoms with van der Waals surface area (Å²) in [5.41, 5.74) is 3.82. The minimum Gasteiger partial charge on any atom is -0.361 e. The van der Waals surface area contributed by atoms with E-state index in [1.807, 2.05) is 66.9 Å². The lowest BCUT2D eigenvalue weighted by molar-refractivity contribution is 0.0585. The Hall–Kier alpha value is -4.38. The van der Waals surface area contributed by atoms with Crippen molar-refractivity contribution in [2.45, 2.75) is 46.5 Å². The van der Waals surface area contributed by atoms with Crippen LogP contribution in [0, 0.1) is 6.92 Å². The molecule has 5 aromatic rings. The summed E-state index contributed by atoms with van der Waals surface area (Å²) < 4.78 is 10.0. The van der Waals surface area contributed by atoms with E-state index in [2.05, 4.69) is 25.6 Å². The number of fused-ring (bicyclic) bond motifs is 1. The molecule has 11 heteroatoms. The number of aryl methyl sites for hydroxylation is 1. The summed E-state index contributed by atoms with van der Waals surface area (Å²) in [7, 11) is 1.53. The first-order valence-corrected chi connectivity index (χ1v) is 12.1. The molecular formula is C26H28N8O3. The number of aromatic nitrogens is 8. The average molecular weight is 501 g/mol. The highest BCUT2D eigenvalue weighted by Crippen LogP contribution is 2.30. The van der Waals surface area contributed by atoms with Gasteiger partial charge in [-0.1, -0.05) is 55.5 Å². The fraction of sp³-hybridized carbons (Fsp3) is 0.308. The van der Waals surface area contributed by atoms with E-state index < -0.39 is 11.9 Å². The van der Waals surface area contributed by atoms with Crippen molar-refractivity contribution in [3.63, 3.8) is 0 Å². The third kappa shape index (κ3) is 4.27. The van der Waals surface area contributed by atoms with Gasteiger partial charge in [-0.05, 0) is 42.2 Å². The first-order valence-electron chi connectivity index (χ1n) is 12.1. The summed E-state index contributed by atoms with van der Waals surface area (Å²) in [6.07, 6.45) is 0.0853. The summed E-state index contributed by atoms with van der Waals surface area (Å²) in [5, 5.41) is 14.4. The monoisotopic (exact) mass is 500 g/mol. The van der Waals surface area contributed by atoms with Gasteiger partial charge < -0.3 is 9.30 Å². The van der Waals surface area contributed by atoms with Gasteiger partial charge in [0.1, 0.15) is 12.1 Å². The largest absolute Gasteiger partial charge is 0.361 e. The van der Waals surface area contributed by atoms with Gasteiger partial charge in [0.2, 0.25) is 5.82 Å². The Morgan fingerprint density at radius 3 is 2.41 bits per heavy atom. The number of hydrogen-bond donors (Lipinski definition) is 1. The molecule has 1 atom stereocenters. The number of H-pyrrole nitrogens is 1. The first-order chi connectivity index (χ1) is 17.9. The Balaban J connectivity index is 1.57. The highest BCUT2D eigenvalue weighted by molar-refractivity contribution is 5.80. The molecule has 0 aliphatic rings. The van der Waals surface area contributed by atoms with Crippen molar-refractivity contribution < 1.29 is 4.74 Å². The molecule has 3 aromatic heterocycles. The molecule has 0 spiro atoms. The lowest BCUT2D eigenvalue weighted by Crippen LogP contribution is -2.42. The number of hydrogen-bond acceptors (Lipinski definition) is 7. The van der Waals surface area contributed by atoms with E-state index in [0.717, 1.165) is 22.3 Å². The third-order valence-corrected chi connectivity index (χ3v) is 6.52. The number of benzene rings is 2. The predicted molar refractivity (Wildman–Crippen MR) is 139 cm³/mol. The van der Waals surface area contributed by atoms with Gasteiger partial charge >= 0.3 is 5.69 Å². The van der Waals surface area contributed by atoms with E-state index in [9.17, 15) is 9.59 Å². The van der Waals surface area contributed by atoms with Gasteiger partial charge in [0, 0.05) is 25.8 Å². The van der Waals surface area contributed by atoms with Crippen LogP contribution >= 0.6 is 0 Å². The molecule has 0 saturated carbocycles. The molecule has 0 radical (unpaired) electrons. The Kier molecular flexibility index (Phi) is 6.53. The predicted octanol–water partition coefficient (Wildman–Crippen LogP) is 3.14. The quantitative estimate of drug-likeness (QED) is 0.347. The van der Waals surface area contributed by atoms with Crippen LogP contribution in [-0.2, 0) is 17.8 Å². The number of tetrazole rings is 1. The van der Waals surface area contributed by atoms with Crippen LogP contribution in [0.2, 0.25) is 0 Å². The van der Waals surface area contributed by atoms with Crippen molar-refractivity contribution in [3.8, 4) is 22.5 Å². The fourth-order valence-electron chi connectivity index (χ4n) is 4.59. The SMILES string of the molecule is CCCn1c(=O)c2c(nc(C)n2Cc2ccc(-c3ccccc3-c3nn[nH]n3)cc2)n(C(C)OC)c1=O. The lowest BCUT2D eigenvalue weighted by Gasteiger charge is -2.16. The van der Waals surface area contributed by atoms with Crippen molar-refractivity contribution in [1.82, 2.24) is 39.3 Å². The number of nitrogens with zero attached hydrogens (tertiary/aromatic N) is 7. The minimum atomic E-state index is -0.569. The molecule has 3 heterocycles. The molecule has 0 aliphatic carbocycles. The fourth-order valence-corrected chi connectivity index (χ4v) is 4.59. The van der Waals surface area contributed by atoms with Gasteiger partial charge in [-0.3, -0.25) is 9.36 Å². The van der Waals surface area contributed by atoms with Crippen LogP contribution in [0.5, 0.6) is 0 Å². The zero-order chi connectivity index (χ0) is 26.1. The second-order valence-corrected chi connectivity index (χ2v) is 8.84. The van der Waals surface area contributed by atoms with Crippen LogP contribution in [0.1, 0.15) is 37.9 Å². The summed E-state index contributed by atoms with van der Waals surface area (Å²) in [6.45, 7) is 6.28. The zero-order valence-corrected chi connectivity index (χ0v) is 21.2. The van der Waals surface area contributed by atoms with E-state index in [-0.39, 0.29) is 5.56 Å². The maximum atomic E-state index is 13.4. The number of nitrogens with one attached hydrogen (secondary N) is 1. The molecule has 1 unspecified atom stereocenters. The average Bonchev–Trinajstić information content (AvgIpc) is 3.56. The highest BCUT2D eigenvalue weighted by atomic mass is 16.5. The molecule has 37 heavy (non-hydrogen) atoms. The minimum absolute atomic E-state index is 0.322. The van der Waals surface area contributed by atoms with E-state index in [1.165, 1.54) is 16.2 Å². The summed E-state index contributed by atoms with van der Waals surface area (Å²) >= 11 is 0. The maximum absolute atomic E-state index is 13.4. The number of imidazole rings is 1. The van der Waals surface area contributed by atoms with Crippen molar-refractivity contribution in [2.24, 2.45) is 0 Å². The van der Waals surface area contributed by atoms with E-state index in [0.29, 0.717) is 42.3 Å². The van der Waals surface area contributed by atoms with Crippen molar-refractivity contribution in [3.05, 3.63) is 80.8 Å². The Morgan fingerprint density at radius 2 is 1.76 bits per heavy atom. The smallest absolute Gasteiger partial charge is 0.334 e. The topological polar surface area (TPSA) is 126 Å². The van der Waals surface area contributed by atoms with Crippen LogP contribution in [0.25, 0.3) is 33.7 Å². The Morgan fingerprint density at radius 1 is 1.03 bits per heavy atom. The summed E-state index contributed by atoms with van der Waals surface area (Å²) in [5.74, 6) is 1.17. The summed E-state index contributed by atoms with van der Waals surface area (Å²) in [6, 6.07) is 16.0. The number of ether oxygens (including phenoxy) is 1. The van der Waals surface area contributed by atoms with Crippen molar-refractivity contribution in [1.29, 1.82) is 0 Å². The molecule has 0 saturated heterocycles. The van der Waals surface area contributed by atoms with Crippen molar-refractivity contribution in [2.75, 3.05) is 7.11 Å². The van der Waals surface area contributed by atoms with Crippen LogP contribution in [0.3, 0.4) is 0 Å². The second kappa shape index (κ2) is 9.94. The molecule has 5 rings (SSSR count). The van der Waals surface area contributed by atoms with Crippen LogP contribution in [0.15, 0.2) is 58.1 Å². The highest BCUT2D eigenvalue weighted by Gasteiger charge is 2.22. The van der Waals surface area contributed by atoms with Gasteiger partial charge in [0.05, 0.1) is 0 Å². The number of methoxy groups -OCH3 is 1. The number of aromatic amines is 1. The van der Waals surface area contributed by atoms with Crippen LogP contribution in [0.4, 0.5) is 0 Å². The molecule has 2 aromatic carbocycles. The van der Waals surface area contributed by atoms with Gasteiger partial charge in [-0.15, -0.1) is 10.2 Å². The third-order valence-electron chi connectivity index (χ3n) is 6.52. The lowest BCUT2D eigenvalue weighted by atomic mass is 9.98. The van der Waals surface area contributed by atoms with Gasteiger partial charge in [0.15, 0.2) is 11.2 Å². The second-order valence-electron chi connectivity index (χ2n) is 8.84. The van der Waals surface area contributed by atoms with E-state index >= 15 is 0 Å². The van der Waals surface area contributed by atoms with Gasteiger partial charge in [0.25, 0.3) is 5.56 Å². The van der Waals surface area contributed by atoms with Crippen LogP contribution < -0.4 is 11.2 Å².